The van der Waals surface area contributed by atoms with Crippen LogP contribution in [0.1, 0.15) is 23.7 Å². The third kappa shape index (κ3) is 3.07. The first kappa shape index (κ1) is 12.1. The summed E-state index contributed by atoms with van der Waals surface area (Å²) in [5.74, 6) is 0.249. The third-order valence-electron chi connectivity index (χ3n) is 3.43. The number of carbonyl (C=O) groups is 1. The van der Waals surface area contributed by atoms with Crippen LogP contribution in [0.25, 0.3) is 0 Å². The van der Waals surface area contributed by atoms with E-state index >= 15 is 0 Å². The first-order valence-electron chi connectivity index (χ1n) is 6.24. The quantitative estimate of drug-likeness (QED) is 0.766. The number of quaternary nitrogens is 1. The van der Waals surface area contributed by atoms with Gasteiger partial charge in [0, 0.05) is 12.3 Å². The summed E-state index contributed by atoms with van der Waals surface area (Å²) in [6.07, 6.45) is 1.04. The molecule has 0 aliphatic carbocycles. The monoisotopic (exact) mass is 234 g/mol. The van der Waals surface area contributed by atoms with Crippen LogP contribution < -0.4 is 4.90 Å². The smallest absolute Gasteiger partial charge is 0.338 e. The van der Waals surface area contributed by atoms with Gasteiger partial charge in [0.1, 0.15) is 6.10 Å². The minimum Gasteiger partial charge on any atom is -0.458 e. The SMILES string of the molecule is C[C@@H]1C[NH+](C)CC[C@@H]1OC(=O)c1ccccc1. The number of likely N-dealkylation sites (tertiary alicyclic amines) is 1. The van der Waals surface area contributed by atoms with Crippen molar-refractivity contribution >= 4 is 5.97 Å². The van der Waals surface area contributed by atoms with E-state index in [2.05, 4.69) is 14.0 Å². The molecule has 0 spiro atoms. The molecule has 0 aromatic heterocycles. The molecule has 3 atom stereocenters. The number of hydrogen-bond donors (Lipinski definition) is 1. The molecule has 1 aliphatic rings. The molecule has 0 radical (unpaired) electrons. The average Bonchev–Trinajstić information content (AvgIpc) is 2.34. The molecule has 1 aliphatic heterocycles. The standard InChI is InChI=1S/C14H19NO2/c1-11-10-15(2)9-8-13(11)17-14(16)12-6-4-3-5-7-12/h3-7,11,13H,8-10H2,1-2H3/p+1/t11-,13+/m1/s1. The van der Waals surface area contributed by atoms with Gasteiger partial charge in [0.25, 0.3) is 0 Å². The second-order valence-corrected chi connectivity index (χ2v) is 4.99. The van der Waals surface area contributed by atoms with Gasteiger partial charge in [-0.3, -0.25) is 0 Å². The van der Waals surface area contributed by atoms with Crippen molar-refractivity contribution in [2.45, 2.75) is 19.4 Å². The Morgan fingerprint density at radius 1 is 1.35 bits per heavy atom. The summed E-state index contributed by atoms with van der Waals surface area (Å²) >= 11 is 0. The maximum atomic E-state index is 11.9. The van der Waals surface area contributed by atoms with Crippen LogP contribution in [0.4, 0.5) is 0 Å². The molecule has 0 amide bonds. The summed E-state index contributed by atoms with van der Waals surface area (Å²) in [4.78, 5) is 13.4. The summed E-state index contributed by atoms with van der Waals surface area (Å²) < 4.78 is 5.59. The molecular weight excluding hydrogens is 214 g/mol. The number of ether oxygens (including phenoxy) is 1. The molecule has 1 fully saturated rings. The van der Waals surface area contributed by atoms with Gasteiger partial charge in [-0.15, -0.1) is 0 Å². The maximum Gasteiger partial charge on any atom is 0.338 e. The first-order valence-corrected chi connectivity index (χ1v) is 6.24. The highest BCUT2D eigenvalue weighted by Crippen LogP contribution is 2.14. The zero-order valence-electron chi connectivity index (χ0n) is 10.5. The van der Waals surface area contributed by atoms with Gasteiger partial charge in [-0.25, -0.2) is 4.79 Å². The Morgan fingerprint density at radius 2 is 2.06 bits per heavy atom. The Kier molecular flexibility index (Phi) is 3.79. The fraction of sp³-hybridized carbons (Fsp3) is 0.500. The third-order valence-corrected chi connectivity index (χ3v) is 3.43. The van der Waals surface area contributed by atoms with Crippen LogP contribution in [0.15, 0.2) is 30.3 Å². The van der Waals surface area contributed by atoms with Gasteiger partial charge < -0.3 is 9.64 Å². The van der Waals surface area contributed by atoms with Crippen molar-refractivity contribution in [2.75, 3.05) is 20.1 Å². The molecule has 1 heterocycles. The average molecular weight is 234 g/mol. The fourth-order valence-corrected chi connectivity index (χ4v) is 2.41. The van der Waals surface area contributed by atoms with Crippen LogP contribution in [0.3, 0.4) is 0 Å². The molecule has 0 saturated carbocycles. The fourth-order valence-electron chi connectivity index (χ4n) is 2.41. The Balaban J connectivity index is 1.95. The molecule has 17 heavy (non-hydrogen) atoms. The minimum absolute atomic E-state index is 0.0754. The van der Waals surface area contributed by atoms with Crippen molar-refractivity contribution in [3.8, 4) is 0 Å². The van der Waals surface area contributed by atoms with E-state index in [9.17, 15) is 4.79 Å². The van der Waals surface area contributed by atoms with Gasteiger partial charge in [0.05, 0.1) is 25.7 Å². The van der Waals surface area contributed by atoms with Crippen LogP contribution in [0.5, 0.6) is 0 Å². The molecule has 1 unspecified atom stereocenters. The minimum atomic E-state index is -0.193. The summed E-state index contributed by atoms with van der Waals surface area (Å²) in [5, 5.41) is 0. The van der Waals surface area contributed by atoms with E-state index in [1.54, 1.807) is 12.1 Å². The normalized spacial score (nSPS) is 28.7. The van der Waals surface area contributed by atoms with Crippen molar-refractivity contribution in [3.63, 3.8) is 0 Å². The molecule has 3 heteroatoms. The number of piperidine rings is 1. The van der Waals surface area contributed by atoms with E-state index in [-0.39, 0.29) is 12.1 Å². The van der Waals surface area contributed by atoms with E-state index in [4.69, 9.17) is 4.74 Å². The molecule has 92 valence electrons. The lowest BCUT2D eigenvalue weighted by Crippen LogP contribution is -3.11. The Morgan fingerprint density at radius 3 is 2.71 bits per heavy atom. The van der Waals surface area contributed by atoms with Crippen molar-refractivity contribution in [3.05, 3.63) is 35.9 Å². The number of carbonyl (C=O) groups excluding carboxylic acids is 1. The number of hydrogen-bond acceptors (Lipinski definition) is 2. The highest BCUT2D eigenvalue weighted by atomic mass is 16.5. The number of esters is 1. The van der Waals surface area contributed by atoms with Gasteiger partial charge in [-0.05, 0) is 12.1 Å². The molecule has 3 nitrogen and oxygen atoms in total. The van der Waals surface area contributed by atoms with Gasteiger partial charge in [0.2, 0.25) is 0 Å². The number of rotatable bonds is 2. The summed E-state index contributed by atoms with van der Waals surface area (Å²) in [5.41, 5.74) is 0.644. The predicted octanol–water partition coefficient (Wildman–Crippen LogP) is 0.767. The van der Waals surface area contributed by atoms with Gasteiger partial charge in [-0.1, -0.05) is 25.1 Å². The van der Waals surface area contributed by atoms with E-state index in [1.165, 1.54) is 4.90 Å². The Bertz CT molecular complexity index is 377. The second-order valence-electron chi connectivity index (χ2n) is 4.99. The highest BCUT2D eigenvalue weighted by molar-refractivity contribution is 5.89. The largest absolute Gasteiger partial charge is 0.458 e. The summed E-state index contributed by atoms with van der Waals surface area (Å²) in [6.45, 7) is 4.31. The molecule has 0 bridgehead atoms. The van der Waals surface area contributed by atoms with Crippen LogP contribution >= 0.6 is 0 Å². The van der Waals surface area contributed by atoms with E-state index in [0.29, 0.717) is 11.5 Å². The summed E-state index contributed by atoms with van der Waals surface area (Å²) in [7, 11) is 2.19. The van der Waals surface area contributed by atoms with Crippen LogP contribution in [0, 0.1) is 5.92 Å². The van der Waals surface area contributed by atoms with Gasteiger partial charge in [0.15, 0.2) is 0 Å². The van der Waals surface area contributed by atoms with Crippen LogP contribution in [-0.2, 0) is 4.74 Å². The Hall–Kier alpha value is -1.35. The second kappa shape index (κ2) is 5.32. The van der Waals surface area contributed by atoms with Gasteiger partial charge in [-0.2, -0.15) is 0 Å². The van der Waals surface area contributed by atoms with E-state index in [1.807, 2.05) is 18.2 Å². The van der Waals surface area contributed by atoms with Crippen LogP contribution in [0.2, 0.25) is 0 Å². The Labute approximate surface area is 102 Å². The molecular formula is C14H20NO2+. The zero-order valence-corrected chi connectivity index (χ0v) is 10.5. The topological polar surface area (TPSA) is 30.7 Å². The lowest BCUT2D eigenvalue weighted by molar-refractivity contribution is -0.889. The molecule has 1 saturated heterocycles. The van der Waals surface area contributed by atoms with Crippen molar-refractivity contribution in [2.24, 2.45) is 5.92 Å². The lowest BCUT2D eigenvalue weighted by Gasteiger charge is -2.31. The van der Waals surface area contributed by atoms with Crippen molar-refractivity contribution in [1.82, 2.24) is 0 Å². The number of benzene rings is 1. The van der Waals surface area contributed by atoms with Crippen molar-refractivity contribution < 1.29 is 14.4 Å². The van der Waals surface area contributed by atoms with Crippen molar-refractivity contribution in [1.29, 1.82) is 0 Å². The molecule has 2 rings (SSSR count). The molecule has 1 aromatic carbocycles. The van der Waals surface area contributed by atoms with E-state index < -0.39 is 0 Å². The van der Waals surface area contributed by atoms with Crippen LogP contribution in [-0.4, -0.2) is 32.2 Å². The zero-order chi connectivity index (χ0) is 12.3. The number of nitrogens with one attached hydrogen (secondary N) is 1. The molecule has 1 N–H and O–H groups in total. The van der Waals surface area contributed by atoms with E-state index in [0.717, 1.165) is 19.5 Å². The highest BCUT2D eigenvalue weighted by Gasteiger charge is 2.30. The summed E-state index contributed by atoms with van der Waals surface area (Å²) in [6, 6.07) is 9.22. The maximum absolute atomic E-state index is 11.9. The van der Waals surface area contributed by atoms with Gasteiger partial charge >= 0.3 is 5.97 Å². The lowest BCUT2D eigenvalue weighted by atomic mass is 9.97. The predicted molar refractivity (Wildman–Crippen MR) is 66.0 cm³/mol. The molecule has 1 aromatic rings. The first-order chi connectivity index (χ1) is 8.16.